The van der Waals surface area contributed by atoms with Crippen LogP contribution < -0.4 is 11.5 Å². The van der Waals surface area contributed by atoms with Gasteiger partial charge >= 0.3 is 5.97 Å². The summed E-state index contributed by atoms with van der Waals surface area (Å²) in [6.07, 6.45) is 1.39. The van der Waals surface area contributed by atoms with Crippen molar-refractivity contribution in [2.45, 2.75) is 0 Å². The number of esters is 1. The lowest BCUT2D eigenvalue weighted by Crippen LogP contribution is -2.07. The van der Waals surface area contributed by atoms with Crippen LogP contribution >= 0.6 is 0 Å². The minimum absolute atomic E-state index is 0.0126. The number of nitrogens with zero attached hydrogens (tertiary/aromatic N) is 4. The summed E-state index contributed by atoms with van der Waals surface area (Å²) in [5.41, 5.74) is 12.3. The zero-order valence-corrected chi connectivity index (χ0v) is 16.2. The molecule has 2 aromatic heterocycles. The molecule has 0 aliphatic heterocycles. The first-order valence-electron chi connectivity index (χ1n) is 8.73. The molecule has 0 amide bonds. The van der Waals surface area contributed by atoms with Crippen LogP contribution in [0.15, 0.2) is 40.8 Å². The predicted octanol–water partition coefficient (Wildman–Crippen LogP) is 3.10. The summed E-state index contributed by atoms with van der Waals surface area (Å²) in [6, 6.07) is 15.5. The van der Waals surface area contributed by atoms with Crippen LogP contribution in [0.25, 0.3) is 23.0 Å². The fourth-order valence-electron chi connectivity index (χ4n) is 2.82. The van der Waals surface area contributed by atoms with Gasteiger partial charge in [-0.15, -0.1) is 0 Å². The van der Waals surface area contributed by atoms with Gasteiger partial charge < -0.3 is 20.6 Å². The Morgan fingerprint density at radius 2 is 1.74 bits per heavy atom. The Bertz CT molecular complexity index is 1330. The first-order chi connectivity index (χ1) is 14.9. The topological polar surface area (TPSA) is 176 Å². The van der Waals surface area contributed by atoms with Gasteiger partial charge in [0.1, 0.15) is 52.4 Å². The van der Waals surface area contributed by atoms with Gasteiger partial charge in [0.15, 0.2) is 0 Å². The SMILES string of the molecule is COC(=O)c1ccc(-c2ccc(/C=C(\C#N)c3nc(N)c(C#N)c(N)c3C#N)o2)cc1. The van der Waals surface area contributed by atoms with E-state index in [-0.39, 0.29) is 33.9 Å². The summed E-state index contributed by atoms with van der Waals surface area (Å²) >= 11 is 0. The van der Waals surface area contributed by atoms with Crippen molar-refractivity contribution in [2.75, 3.05) is 18.6 Å². The van der Waals surface area contributed by atoms with Crippen molar-refractivity contribution in [1.82, 2.24) is 4.98 Å². The van der Waals surface area contributed by atoms with Crippen molar-refractivity contribution in [2.24, 2.45) is 0 Å². The van der Waals surface area contributed by atoms with Crippen LogP contribution in [0.1, 0.15) is 32.9 Å². The molecule has 0 atom stereocenters. The lowest BCUT2D eigenvalue weighted by Gasteiger charge is -2.08. The van der Waals surface area contributed by atoms with Gasteiger partial charge in [-0.25, -0.2) is 9.78 Å². The first-order valence-corrected chi connectivity index (χ1v) is 8.73. The van der Waals surface area contributed by atoms with Gasteiger partial charge in [0.25, 0.3) is 0 Å². The molecule has 0 bridgehead atoms. The van der Waals surface area contributed by atoms with Crippen molar-refractivity contribution in [3.8, 4) is 29.5 Å². The number of nitriles is 3. The third kappa shape index (κ3) is 3.91. The zero-order chi connectivity index (χ0) is 22.5. The van der Waals surface area contributed by atoms with Crippen molar-refractivity contribution in [3.05, 3.63) is 64.5 Å². The van der Waals surface area contributed by atoms with E-state index in [1.54, 1.807) is 42.5 Å². The summed E-state index contributed by atoms with van der Waals surface area (Å²) < 4.78 is 10.4. The maximum Gasteiger partial charge on any atom is 0.337 e. The van der Waals surface area contributed by atoms with E-state index in [1.807, 2.05) is 12.1 Å². The lowest BCUT2D eigenvalue weighted by atomic mass is 10.0. The number of nitrogens with two attached hydrogens (primary N) is 2. The van der Waals surface area contributed by atoms with Gasteiger partial charge in [-0.1, -0.05) is 12.1 Å². The summed E-state index contributed by atoms with van der Waals surface area (Å²) in [6.45, 7) is 0. The number of nitrogen functional groups attached to an aromatic ring is 2. The molecular formula is C22H14N6O3. The third-order valence-electron chi connectivity index (χ3n) is 4.37. The van der Waals surface area contributed by atoms with E-state index in [0.717, 1.165) is 0 Å². The molecule has 0 saturated carbocycles. The second kappa shape index (κ2) is 8.52. The number of allylic oxidation sites excluding steroid dienone is 1. The number of furan rings is 1. The average Bonchev–Trinajstić information content (AvgIpc) is 3.25. The molecular weight excluding hydrogens is 396 g/mol. The Labute approximate surface area is 177 Å². The molecule has 0 aliphatic carbocycles. The number of rotatable bonds is 4. The number of carbonyl (C=O) groups excluding carboxylic acids is 1. The van der Waals surface area contributed by atoms with Crippen LogP contribution in [0, 0.1) is 34.0 Å². The Morgan fingerprint density at radius 3 is 2.32 bits per heavy atom. The number of anilines is 2. The second-order valence-corrected chi connectivity index (χ2v) is 6.17. The molecule has 0 unspecified atom stereocenters. The van der Waals surface area contributed by atoms with Gasteiger partial charge in [-0.05, 0) is 24.3 Å². The standard InChI is InChI=1S/C22H14N6O3/c1-30-22(29)13-4-2-12(3-5-13)18-7-6-15(31-18)8-14(9-23)20-16(10-24)19(26)17(11-25)21(27)28-20/h2-8H,1H3,(H4,26,27,28)/b14-8+. The van der Waals surface area contributed by atoms with Crippen LogP contribution in [0.5, 0.6) is 0 Å². The molecule has 2 heterocycles. The number of benzene rings is 1. The summed E-state index contributed by atoms with van der Waals surface area (Å²) in [4.78, 5) is 15.6. The molecule has 4 N–H and O–H groups in total. The van der Waals surface area contributed by atoms with Gasteiger partial charge in [-0.2, -0.15) is 15.8 Å². The van der Waals surface area contributed by atoms with Crippen LogP contribution in [-0.2, 0) is 4.74 Å². The Kier molecular flexibility index (Phi) is 5.68. The molecule has 0 aliphatic rings. The average molecular weight is 410 g/mol. The highest BCUT2D eigenvalue weighted by Crippen LogP contribution is 2.30. The van der Waals surface area contributed by atoms with E-state index in [9.17, 15) is 15.3 Å². The molecule has 31 heavy (non-hydrogen) atoms. The first kappa shape index (κ1) is 20.7. The number of carbonyl (C=O) groups is 1. The molecule has 9 nitrogen and oxygen atoms in total. The summed E-state index contributed by atoms with van der Waals surface area (Å²) in [5.74, 6) is 0.180. The molecule has 1 aromatic carbocycles. The number of hydrogen-bond acceptors (Lipinski definition) is 9. The molecule has 3 aromatic rings. The van der Waals surface area contributed by atoms with E-state index in [2.05, 4.69) is 9.72 Å². The summed E-state index contributed by atoms with van der Waals surface area (Å²) in [5, 5.41) is 28.2. The smallest absolute Gasteiger partial charge is 0.337 e. The largest absolute Gasteiger partial charge is 0.465 e. The van der Waals surface area contributed by atoms with Crippen LogP contribution in [0.3, 0.4) is 0 Å². The zero-order valence-electron chi connectivity index (χ0n) is 16.2. The molecule has 0 radical (unpaired) electrons. The van der Waals surface area contributed by atoms with Crippen molar-refractivity contribution in [3.63, 3.8) is 0 Å². The highest BCUT2D eigenvalue weighted by atomic mass is 16.5. The quantitative estimate of drug-likeness (QED) is 0.483. The van der Waals surface area contributed by atoms with Crippen LogP contribution in [0.2, 0.25) is 0 Å². The van der Waals surface area contributed by atoms with Gasteiger partial charge in [0, 0.05) is 11.6 Å². The van der Waals surface area contributed by atoms with E-state index in [0.29, 0.717) is 22.6 Å². The normalized spacial score (nSPS) is 10.6. The number of aromatic nitrogens is 1. The van der Waals surface area contributed by atoms with E-state index in [4.69, 9.17) is 21.1 Å². The molecule has 9 heteroatoms. The molecule has 0 fully saturated rings. The van der Waals surface area contributed by atoms with Crippen molar-refractivity contribution < 1.29 is 13.9 Å². The lowest BCUT2D eigenvalue weighted by molar-refractivity contribution is 0.0600. The maximum atomic E-state index is 11.5. The molecule has 0 saturated heterocycles. The van der Waals surface area contributed by atoms with Crippen molar-refractivity contribution >= 4 is 29.1 Å². The number of ether oxygens (including phenoxy) is 1. The molecule has 0 spiro atoms. The third-order valence-corrected chi connectivity index (χ3v) is 4.37. The minimum Gasteiger partial charge on any atom is -0.465 e. The van der Waals surface area contributed by atoms with Crippen LogP contribution in [-0.4, -0.2) is 18.1 Å². The van der Waals surface area contributed by atoms with Gasteiger partial charge in [0.05, 0.1) is 23.9 Å². The van der Waals surface area contributed by atoms with E-state index in [1.165, 1.54) is 13.2 Å². The predicted molar refractivity (Wildman–Crippen MR) is 111 cm³/mol. The monoisotopic (exact) mass is 410 g/mol. The molecule has 150 valence electrons. The van der Waals surface area contributed by atoms with Gasteiger partial charge in [-0.3, -0.25) is 0 Å². The molecule has 3 rings (SSSR count). The minimum atomic E-state index is -0.449. The Morgan fingerprint density at radius 1 is 1.06 bits per heavy atom. The highest BCUT2D eigenvalue weighted by Gasteiger charge is 2.19. The highest BCUT2D eigenvalue weighted by molar-refractivity contribution is 5.92. The fourth-order valence-corrected chi connectivity index (χ4v) is 2.82. The second-order valence-electron chi connectivity index (χ2n) is 6.17. The van der Waals surface area contributed by atoms with Crippen molar-refractivity contribution in [1.29, 1.82) is 15.8 Å². The van der Waals surface area contributed by atoms with E-state index >= 15 is 0 Å². The number of methoxy groups -OCH3 is 1. The Balaban J connectivity index is 2.00. The number of pyridine rings is 1. The summed E-state index contributed by atoms with van der Waals surface area (Å²) in [7, 11) is 1.30. The number of hydrogen-bond donors (Lipinski definition) is 2. The maximum absolute atomic E-state index is 11.5. The van der Waals surface area contributed by atoms with Crippen LogP contribution in [0.4, 0.5) is 11.5 Å². The van der Waals surface area contributed by atoms with E-state index < -0.39 is 5.97 Å². The fraction of sp³-hybridized carbons (Fsp3) is 0.0455. The van der Waals surface area contributed by atoms with Gasteiger partial charge in [0.2, 0.25) is 0 Å². The Hall–Kier alpha value is -5.07.